The number of rotatable bonds is 7. The van der Waals surface area contributed by atoms with Crippen molar-refractivity contribution in [1.82, 2.24) is 9.80 Å². The number of aromatic hydroxyl groups is 1. The van der Waals surface area contributed by atoms with Crippen LogP contribution in [0, 0.1) is 0 Å². The number of methoxy groups -OCH3 is 2. The van der Waals surface area contributed by atoms with Crippen molar-refractivity contribution in [3.63, 3.8) is 0 Å². The number of amides is 3. The van der Waals surface area contributed by atoms with E-state index in [9.17, 15) is 19.5 Å². The molecule has 0 atom stereocenters. The first-order chi connectivity index (χ1) is 20.2. The van der Waals surface area contributed by atoms with Crippen LogP contribution in [0.25, 0.3) is 0 Å². The maximum atomic E-state index is 13.5. The summed E-state index contributed by atoms with van der Waals surface area (Å²) in [5.41, 5.74) is 4.03. The SMILES string of the molecule is COc1ccc(C(=O)N2CCN(c3ccc4c(c3)CCC(=O)N4C(=O)c3ccc(O)c(CN(C)C)c3)CC2)cc1OC. The predicted molar refractivity (Wildman–Crippen MR) is 160 cm³/mol. The second-order valence-corrected chi connectivity index (χ2v) is 10.8. The molecule has 0 unspecified atom stereocenters. The minimum atomic E-state index is -0.406. The molecule has 1 saturated heterocycles. The van der Waals surface area contributed by atoms with Gasteiger partial charge in [0.1, 0.15) is 5.75 Å². The summed E-state index contributed by atoms with van der Waals surface area (Å²) in [6.07, 6.45) is 0.781. The second kappa shape index (κ2) is 12.1. The number of carbonyl (C=O) groups excluding carboxylic acids is 3. The van der Waals surface area contributed by atoms with Gasteiger partial charge < -0.3 is 29.3 Å². The Kier molecular flexibility index (Phi) is 8.35. The third-order valence-corrected chi connectivity index (χ3v) is 7.74. The fourth-order valence-corrected chi connectivity index (χ4v) is 5.53. The smallest absolute Gasteiger partial charge is 0.265 e. The van der Waals surface area contributed by atoms with Crippen molar-refractivity contribution in [2.45, 2.75) is 19.4 Å². The van der Waals surface area contributed by atoms with Crippen molar-refractivity contribution in [2.75, 3.05) is 64.3 Å². The number of hydrogen-bond acceptors (Lipinski definition) is 8. The molecule has 10 heteroatoms. The van der Waals surface area contributed by atoms with Crippen LogP contribution in [0.3, 0.4) is 0 Å². The molecular formula is C32H36N4O6. The molecule has 0 aromatic heterocycles. The molecule has 0 saturated carbocycles. The molecule has 3 amide bonds. The lowest BCUT2D eigenvalue weighted by molar-refractivity contribution is -0.118. The first kappa shape index (κ1) is 28.9. The molecule has 1 N–H and O–H groups in total. The highest BCUT2D eigenvalue weighted by Crippen LogP contribution is 2.34. The maximum Gasteiger partial charge on any atom is 0.265 e. The molecular weight excluding hydrogens is 536 g/mol. The lowest BCUT2D eigenvalue weighted by atomic mass is 9.98. The van der Waals surface area contributed by atoms with Gasteiger partial charge in [-0.2, -0.15) is 0 Å². The third kappa shape index (κ3) is 5.75. The van der Waals surface area contributed by atoms with E-state index in [1.165, 1.54) is 11.0 Å². The number of carbonyl (C=O) groups is 3. The number of ether oxygens (including phenoxy) is 2. The van der Waals surface area contributed by atoms with Gasteiger partial charge in [0.15, 0.2) is 11.5 Å². The van der Waals surface area contributed by atoms with Crippen LogP contribution in [-0.2, 0) is 17.8 Å². The van der Waals surface area contributed by atoms with E-state index in [1.54, 1.807) is 44.6 Å². The first-order valence-corrected chi connectivity index (χ1v) is 13.9. The largest absolute Gasteiger partial charge is 0.508 e. The molecule has 10 nitrogen and oxygen atoms in total. The van der Waals surface area contributed by atoms with Crippen LogP contribution in [0.2, 0.25) is 0 Å². The van der Waals surface area contributed by atoms with E-state index in [0.29, 0.717) is 73.0 Å². The maximum absolute atomic E-state index is 13.5. The van der Waals surface area contributed by atoms with Gasteiger partial charge in [-0.3, -0.25) is 14.4 Å². The zero-order chi connectivity index (χ0) is 30.0. The van der Waals surface area contributed by atoms with Crippen LogP contribution in [0.15, 0.2) is 54.6 Å². The quantitative estimate of drug-likeness (QED) is 0.429. The fourth-order valence-electron chi connectivity index (χ4n) is 5.53. The highest BCUT2D eigenvalue weighted by atomic mass is 16.5. The Morgan fingerprint density at radius 3 is 2.21 bits per heavy atom. The number of nitrogens with zero attached hydrogens (tertiary/aromatic N) is 4. The van der Waals surface area contributed by atoms with Crippen LogP contribution in [0.1, 0.15) is 38.3 Å². The topological polar surface area (TPSA) is 103 Å². The number of phenolic OH excluding ortho intramolecular Hbond substituents is 1. The standard InChI is InChI=1S/C32H36N4O6/c1-33(2)20-24-17-22(5-10-27(24)37)32(40)36-26-9-8-25(18-21(26)7-12-30(36)38)34-13-15-35(16-14-34)31(39)23-6-11-28(41-3)29(19-23)42-4/h5-6,8-11,17-19,37H,7,12-16,20H2,1-4H3. The number of aryl methyl sites for hydroxylation is 1. The highest BCUT2D eigenvalue weighted by Gasteiger charge is 2.32. The van der Waals surface area contributed by atoms with E-state index >= 15 is 0 Å². The van der Waals surface area contributed by atoms with Gasteiger partial charge in [-0.15, -0.1) is 0 Å². The van der Waals surface area contributed by atoms with E-state index in [1.807, 2.05) is 42.1 Å². The van der Waals surface area contributed by atoms with Crippen LogP contribution >= 0.6 is 0 Å². The Bertz CT molecular complexity index is 1510. The summed E-state index contributed by atoms with van der Waals surface area (Å²) in [6, 6.07) is 15.7. The molecule has 3 aromatic carbocycles. The van der Waals surface area contributed by atoms with Crippen molar-refractivity contribution >= 4 is 29.1 Å². The summed E-state index contributed by atoms with van der Waals surface area (Å²) in [5.74, 6) is 0.491. The zero-order valence-electron chi connectivity index (χ0n) is 24.4. The molecule has 2 heterocycles. The summed E-state index contributed by atoms with van der Waals surface area (Å²) in [7, 11) is 6.87. The molecule has 1 fully saturated rings. The third-order valence-electron chi connectivity index (χ3n) is 7.74. The van der Waals surface area contributed by atoms with E-state index < -0.39 is 5.91 Å². The summed E-state index contributed by atoms with van der Waals surface area (Å²) < 4.78 is 10.6. The van der Waals surface area contributed by atoms with Crippen molar-refractivity contribution in [3.05, 3.63) is 76.9 Å². The van der Waals surface area contributed by atoms with E-state index in [-0.39, 0.29) is 24.0 Å². The van der Waals surface area contributed by atoms with Gasteiger partial charge in [-0.05, 0) is 80.7 Å². The van der Waals surface area contributed by atoms with E-state index in [2.05, 4.69) is 4.90 Å². The highest BCUT2D eigenvalue weighted by molar-refractivity contribution is 6.22. The van der Waals surface area contributed by atoms with Crippen molar-refractivity contribution in [1.29, 1.82) is 0 Å². The monoisotopic (exact) mass is 572 g/mol. The minimum absolute atomic E-state index is 0.0586. The van der Waals surface area contributed by atoms with Crippen molar-refractivity contribution in [3.8, 4) is 17.2 Å². The molecule has 2 aliphatic rings. The Labute approximate surface area is 245 Å². The van der Waals surface area contributed by atoms with Gasteiger partial charge in [-0.25, -0.2) is 4.90 Å². The predicted octanol–water partition coefficient (Wildman–Crippen LogP) is 3.55. The van der Waals surface area contributed by atoms with Crippen molar-refractivity contribution < 1.29 is 29.0 Å². The Morgan fingerprint density at radius 2 is 1.52 bits per heavy atom. The van der Waals surface area contributed by atoms with Crippen LogP contribution in [0.4, 0.5) is 11.4 Å². The number of phenols is 1. The molecule has 42 heavy (non-hydrogen) atoms. The van der Waals surface area contributed by atoms with E-state index in [0.717, 1.165) is 11.3 Å². The summed E-state index contributed by atoms with van der Waals surface area (Å²) in [4.78, 5) is 46.9. The Morgan fingerprint density at radius 1 is 0.833 bits per heavy atom. The van der Waals surface area contributed by atoms with Gasteiger partial charge in [-0.1, -0.05) is 0 Å². The molecule has 0 bridgehead atoms. The average molecular weight is 573 g/mol. The molecule has 5 rings (SSSR count). The summed E-state index contributed by atoms with van der Waals surface area (Å²) in [6.45, 7) is 2.89. The lowest BCUT2D eigenvalue weighted by Crippen LogP contribution is -2.49. The minimum Gasteiger partial charge on any atom is -0.508 e. The van der Waals surface area contributed by atoms with E-state index in [4.69, 9.17) is 9.47 Å². The molecule has 220 valence electrons. The summed E-state index contributed by atoms with van der Waals surface area (Å²) in [5, 5.41) is 10.2. The average Bonchev–Trinajstić information content (AvgIpc) is 3.00. The summed E-state index contributed by atoms with van der Waals surface area (Å²) >= 11 is 0. The molecule has 2 aliphatic heterocycles. The molecule has 0 aliphatic carbocycles. The number of benzene rings is 3. The van der Waals surface area contributed by atoms with Crippen LogP contribution in [0.5, 0.6) is 17.2 Å². The molecule has 3 aromatic rings. The zero-order valence-corrected chi connectivity index (χ0v) is 24.4. The van der Waals surface area contributed by atoms with Gasteiger partial charge >= 0.3 is 0 Å². The number of imide groups is 1. The van der Waals surface area contributed by atoms with Gasteiger partial charge in [0.05, 0.1) is 19.9 Å². The number of anilines is 2. The van der Waals surface area contributed by atoms with Gasteiger partial charge in [0, 0.05) is 61.5 Å². The van der Waals surface area contributed by atoms with Gasteiger partial charge in [0.2, 0.25) is 5.91 Å². The van der Waals surface area contributed by atoms with Gasteiger partial charge in [0.25, 0.3) is 11.8 Å². The van der Waals surface area contributed by atoms with Crippen LogP contribution < -0.4 is 19.3 Å². The van der Waals surface area contributed by atoms with Crippen LogP contribution in [-0.4, -0.2) is 87.1 Å². The number of fused-ring (bicyclic) bond motifs is 1. The molecule has 0 spiro atoms. The lowest BCUT2D eigenvalue weighted by Gasteiger charge is -2.37. The Hall–Kier alpha value is -4.57. The Balaban J connectivity index is 1.30. The fraction of sp³-hybridized carbons (Fsp3) is 0.344. The normalized spacial score (nSPS) is 15.1. The first-order valence-electron chi connectivity index (χ1n) is 13.9. The number of hydrogen-bond donors (Lipinski definition) is 1. The molecule has 0 radical (unpaired) electrons. The van der Waals surface area contributed by atoms with Crippen molar-refractivity contribution in [2.24, 2.45) is 0 Å². The second-order valence-electron chi connectivity index (χ2n) is 10.8. The number of piperazine rings is 1.